The molecule has 6 nitrogen and oxygen atoms in total. The highest BCUT2D eigenvalue weighted by Crippen LogP contribution is 2.20. The average Bonchev–Trinajstić information content (AvgIpc) is 3.25. The summed E-state index contributed by atoms with van der Waals surface area (Å²) in [5.74, 6) is 0.958. The van der Waals surface area contributed by atoms with E-state index >= 15 is 0 Å². The molecule has 6 heteroatoms. The first-order chi connectivity index (χ1) is 12.7. The third-order valence-electron chi connectivity index (χ3n) is 4.57. The Bertz CT molecular complexity index is 598. The van der Waals surface area contributed by atoms with Gasteiger partial charge in [-0.3, -0.25) is 9.59 Å². The van der Waals surface area contributed by atoms with E-state index in [2.05, 4.69) is 13.8 Å². The molecule has 1 aliphatic rings. The predicted molar refractivity (Wildman–Crippen MR) is 104 cm³/mol. The van der Waals surface area contributed by atoms with Crippen molar-refractivity contribution in [3.8, 4) is 0 Å². The molecule has 0 N–H and O–H groups in total. The number of rotatable bonds is 8. The number of carbonyl (C=O) groups excluding carboxylic acids is 2. The van der Waals surface area contributed by atoms with Gasteiger partial charge in [-0.25, -0.2) is 0 Å². The number of ether oxygens (including phenoxy) is 1. The number of hydrogen-bond acceptors (Lipinski definition) is 4. The van der Waals surface area contributed by atoms with Gasteiger partial charge in [0.15, 0.2) is 0 Å². The van der Waals surface area contributed by atoms with E-state index in [1.807, 2.05) is 32.9 Å². The summed E-state index contributed by atoms with van der Waals surface area (Å²) in [6.45, 7) is 12.1. The van der Waals surface area contributed by atoms with Crippen LogP contribution in [0, 0.1) is 11.3 Å². The second kappa shape index (κ2) is 9.40. The highest BCUT2D eigenvalue weighted by molar-refractivity contribution is 5.87. The molecule has 152 valence electrons. The van der Waals surface area contributed by atoms with E-state index in [1.165, 1.54) is 0 Å². The van der Waals surface area contributed by atoms with Crippen molar-refractivity contribution in [3.63, 3.8) is 0 Å². The second-order valence-electron chi connectivity index (χ2n) is 8.82. The fourth-order valence-electron chi connectivity index (χ4n) is 3.28. The standard InChI is InChI=1S/C21H34N2O4/c1-16(2)12-23(20(25)21(3,4)5)15-19(24)22(13-17-8-6-10-26-17)14-18-9-7-11-27-18/h6,8,10,16,18H,7,9,11-15H2,1-5H3. The highest BCUT2D eigenvalue weighted by Gasteiger charge is 2.31. The van der Waals surface area contributed by atoms with Gasteiger partial charge in [-0.05, 0) is 30.9 Å². The monoisotopic (exact) mass is 378 g/mol. The maximum Gasteiger partial charge on any atom is 0.242 e. The van der Waals surface area contributed by atoms with Crippen LogP contribution in [0.5, 0.6) is 0 Å². The van der Waals surface area contributed by atoms with Crippen LogP contribution in [-0.4, -0.2) is 54.0 Å². The summed E-state index contributed by atoms with van der Waals surface area (Å²) in [5, 5.41) is 0. The molecule has 1 unspecified atom stereocenters. The Balaban J connectivity index is 2.11. The van der Waals surface area contributed by atoms with Crippen LogP contribution < -0.4 is 0 Å². The molecule has 0 bridgehead atoms. The third-order valence-corrected chi connectivity index (χ3v) is 4.57. The molecule has 1 fully saturated rings. The van der Waals surface area contributed by atoms with Crippen LogP contribution in [0.3, 0.4) is 0 Å². The van der Waals surface area contributed by atoms with Gasteiger partial charge in [-0.15, -0.1) is 0 Å². The molecule has 1 aromatic heterocycles. The van der Waals surface area contributed by atoms with Crippen LogP contribution >= 0.6 is 0 Å². The second-order valence-corrected chi connectivity index (χ2v) is 8.82. The normalized spacial score (nSPS) is 17.3. The molecule has 2 heterocycles. The molecule has 0 radical (unpaired) electrons. The molecule has 0 aromatic carbocycles. The Morgan fingerprint density at radius 1 is 1.26 bits per heavy atom. The molecule has 27 heavy (non-hydrogen) atoms. The van der Waals surface area contributed by atoms with Gasteiger partial charge < -0.3 is 19.0 Å². The van der Waals surface area contributed by atoms with E-state index in [9.17, 15) is 9.59 Å². The van der Waals surface area contributed by atoms with E-state index in [4.69, 9.17) is 9.15 Å². The minimum atomic E-state index is -0.518. The number of hydrogen-bond donors (Lipinski definition) is 0. The molecule has 1 aliphatic heterocycles. The minimum Gasteiger partial charge on any atom is -0.467 e. The van der Waals surface area contributed by atoms with E-state index in [1.54, 1.807) is 16.1 Å². The number of nitrogens with zero attached hydrogens (tertiary/aromatic N) is 2. The van der Waals surface area contributed by atoms with E-state index < -0.39 is 5.41 Å². The summed E-state index contributed by atoms with van der Waals surface area (Å²) in [4.78, 5) is 29.4. The molecular weight excluding hydrogens is 344 g/mol. The van der Waals surface area contributed by atoms with Gasteiger partial charge >= 0.3 is 0 Å². The van der Waals surface area contributed by atoms with Gasteiger partial charge in [-0.2, -0.15) is 0 Å². The number of carbonyl (C=O) groups is 2. The maximum absolute atomic E-state index is 13.1. The van der Waals surface area contributed by atoms with Crippen LogP contribution in [0.4, 0.5) is 0 Å². The maximum atomic E-state index is 13.1. The Morgan fingerprint density at radius 3 is 2.52 bits per heavy atom. The van der Waals surface area contributed by atoms with Crippen molar-refractivity contribution in [2.75, 3.05) is 26.2 Å². The molecule has 1 aromatic rings. The highest BCUT2D eigenvalue weighted by atomic mass is 16.5. The van der Waals surface area contributed by atoms with E-state index in [-0.39, 0.29) is 24.5 Å². The fraction of sp³-hybridized carbons (Fsp3) is 0.714. The summed E-state index contributed by atoms with van der Waals surface area (Å²) in [5.41, 5.74) is -0.518. The molecule has 2 amide bonds. The van der Waals surface area contributed by atoms with Crippen molar-refractivity contribution in [2.24, 2.45) is 11.3 Å². The lowest BCUT2D eigenvalue weighted by molar-refractivity contribution is -0.147. The van der Waals surface area contributed by atoms with Gasteiger partial charge in [-0.1, -0.05) is 34.6 Å². The van der Waals surface area contributed by atoms with Crippen LogP contribution in [-0.2, 0) is 20.9 Å². The van der Waals surface area contributed by atoms with Crippen molar-refractivity contribution in [3.05, 3.63) is 24.2 Å². The molecule has 0 saturated carbocycles. The van der Waals surface area contributed by atoms with Crippen LogP contribution in [0.2, 0.25) is 0 Å². The first-order valence-electron chi connectivity index (χ1n) is 9.88. The Morgan fingerprint density at radius 2 is 2.00 bits per heavy atom. The molecule has 1 saturated heterocycles. The molecule has 0 spiro atoms. The first-order valence-corrected chi connectivity index (χ1v) is 9.88. The summed E-state index contributed by atoms with van der Waals surface area (Å²) in [6.07, 6.45) is 3.65. The molecule has 1 atom stereocenters. The third kappa shape index (κ3) is 6.69. The Hall–Kier alpha value is -1.82. The van der Waals surface area contributed by atoms with Crippen molar-refractivity contribution < 1.29 is 18.7 Å². The van der Waals surface area contributed by atoms with Gasteiger partial charge in [0, 0.05) is 25.1 Å². The summed E-state index contributed by atoms with van der Waals surface area (Å²) < 4.78 is 11.2. The Kier molecular flexibility index (Phi) is 7.48. The van der Waals surface area contributed by atoms with Crippen LogP contribution in [0.15, 0.2) is 22.8 Å². The van der Waals surface area contributed by atoms with Gasteiger partial charge in [0.25, 0.3) is 0 Å². The van der Waals surface area contributed by atoms with E-state index in [0.29, 0.717) is 25.6 Å². The smallest absolute Gasteiger partial charge is 0.242 e. The van der Waals surface area contributed by atoms with Gasteiger partial charge in [0.1, 0.15) is 5.76 Å². The fourth-order valence-corrected chi connectivity index (χ4v) is 3.28. The zero-order valence-electron chi connectivity index (χ0n) is 17.4. The summed E-state index contributed by atoms with van der Waals surface area (Å²) in [6, 6.07) is 3.68. The van der Waals surface area contributed by atoms with Crippen molar-refractivity contribution in [1.82, 2.24) is 9.80 Å². The zero-order valence-corrected chi connectivity index (χ0v) is 17.4. The number of furan rings is 1. The van der Waals surface area contributed by atoms with Crippen LogP contribution in [0.1, 0.15) is 53.2 Å². The molecular formula is C21H34N2O4. The Labute approximate surface area is 162 Å². The summed E-state index contributed by atoms with van der Waals surface area (Å²) in [7, 11) is 0. The van der Waals surface area contributed by atoms with E-state index in [0.717, 1.165) is 25.2 Å². The quantitative estimate of drug-likeness (QED) is 0.696. The van der Waals surface area contributed by atoms with Crippen LogP contribution in [0.25, 0.3) is 0 Å². The van der Waals surface area contributed by atoms with Gasteiger partial charge in [0.05, 0.1) is 25.5 Å². The zero-order chi connectivity index (χ0) is 20.0. The number of amides is 2. The topological polar surface area (TPSA) is 63.0 Å². The lowest BCUT2D eigenvalue weighted by Crippen LogP contribution is -2.48. The van der Waals surface area contributed by atoms with Crippen molar-refractivity contribution in [2.45, 2.75) is 60.1 Å². The first kappa shape index (κ1) is 21.5. The molecule has 0 aliphatic carbocycles. The minimum absolute atomic E-state index is 0.000356. The van der Waals surface area contributed by atoms with Gasteiger partial charge in [0.2, 0.25) is 11.8 Å². The lowest BCUT2D eigenvalue weighted by atomic mass is 9.94. The lowest BCUT2D eigenvalue weighted by Gasteiger charge is -2.33. The SMILES string of the molecule is CC(C)CN(CC(=O)N(Cc1ccco1)CC1CCCO1)C(=O)C(C)(C)C. The summed E-state index contributed by atoms with van der Waals surface area (Å²) >= 11 is 0. The average molecular weight is 379 g/mol. The molecule has 2 rings (SSSR count). The van der Waals surface area contributed by atoms with Crippen molar-refractivity contribution >= 4 is 11.8 Å². The predicted octanol–water partition coefficient (Wildman–Crippen LogP) is 3.32. The largest absolute Gasteiger partial charge is 0.467 e. The van der Waals surface area contributed by atoms with Crippen molar-refractivity contribution in [1.29, 1.82) is 0 Å².